The van der Waals surface area contributed by atoms with Crippen LogP contribution >= 0.6 is 23.2 Å². The number of carboxylic acids is 1. The van der Waals surface area contributed by atoms with Crippen LogP contribution in [0.25, 0.3) is 0 Å². The van der Waals surface area contributed by atoms with Crippen LogP contribution in [0.4, 0.5) is 5.82 Å². The molecule has 8 nitrogen and oxygen atoms in total. The van der Waals surface area contributed by atoms with Crippen LogP contribution < -0.4 is 10.2 Å². The van der Waals surface area contributed by atoms with Crippen molar-refractivity contribution in [2.45, 2.75) is 31.5 Å². The third kappa shape index (κ3) is 5.63. The number of hydrogen-bond donors (Lipinski definition) is 2. The van der Waals surface area contributed by atoms with E-state index in [1.807, 2.05) is 17.0 Å². The van der Waals surface area contributed by atoms with Crippen molar-refractivity contribution in [3.8, 4) is 0 Å². The van der Waals surface area contributed by atoms with Gasteiger partial charge in [-0.15, -0.1) is 0 Å². The Kier molecular flexibility index (Phi) is 7.93. The van der Waals surface area contributed by atoms with Gasteiger partial charge in [-0.05, 0) is 49.7 Å². The predicted octanol–water partition coefficient (Wildman–Crippen LogP) is 2.99. The van der Waals surface area contributed by atoms with Crippen LogP contribution in [0, 0.1) is 0 Å². The molecule has 4 rings (SSSR count). The lowest BCUT2D eigenvalue weighted by Gasteiger charge is -2.46. The lowest BCUT2D eigenvalue weighted by atomic mass is 9.98. The van der Waals surface area contributed by atoms with Crippen LogP contribution in [0.5, 0.6) is 0 Å². The molecule has 0 saturated carbocycles. The second-order valence-corrected chi connectivity index (χ2v) is 9.62. The lowest BCUT2D eigenvalue weighted by Crippen LogP contribution is -2.61. The van der Waals surface area contributed by atoms with Gasteiger partial charge in [0, 0.05) is 50.5 Å². The quantitative estimate of drug-likeness (QED) is 0.623. The van der Waals surface area contributed by atoms with E-state index in [4.69, 9.17) is 23.2 Å². The minimum absolute atomic E-state index is 0.226. The van der Waals surface area contributed by atoms with Gasteiger partial charge < -0.3 is 15.3 Å². The molecule has 1 amide bonds. The molecule has 2 aliphatic heterocycles. The molecule has 0 radical (unpaired) electrons. The van der Waals surface area contributed by atoms with Gasteiger partial charge >= 0.3 is 5.97 Å². The topological polar surface area (TPSA) is 89.0 Å². The molecule has 10 heteroatoms. The summed E-state index contributed by atoms with van der Waals surface area (Å²) in [4.78, 5) is 34.8. The van der Waals surface area contributed by atoms with E-state index in [-0.39, 0.29) is 11.9 Å². The number of aromatic nitrogens is 1. The molecule has 34 heavy (non-hydrogen) atoms. The van der Waals surface area contributed by atoms with Gasteiger partial charge in [0.25, 0.3) is 5.91 Å². The molecule has 0 bridgehead atoms. The Morgan fingerprint density at radius 2 is 1.82 bits per heavy atom. The van der Waals surface area contributed by atoms with Crippen molar-refractivity contribution in [3.63, 3.8) is 0 Å². The lowest BCUT2D eigenvalue weighted by molar-refractivity contribution is -0.145. The summed E-state index contributed by atoms with van der Waals surface area (Å²) in [5.41, 5.74) is 1.60. The highest BCUT2D eigenvalue weighted by Crippen LogP contribution is 2.29. The van der Waals surface area contributed by atoms with Gasteiger partial charge in [0.2, 0.25) is 0 Å². The van der Waals surface area contributed by atoms with Gasteiger partial charge in [-0.1, -0.05) is 35.3 Å². The van der Waals surface area contributed by atoms with Gasteiger partial charge in [-0.2, -0.15) is 0 Å². The molecule has 1 aromatic carbocycles. The zero-order chi connectivity index (χ0) is 24.2. The first kappa shape index (κ1) is 24.7. The maximum atomic E-state index is 12.2. The van der Waals surface area contributed by atoms with Gasteiger partial charge in [0.15, 0.2) is 0 Å². The minimum atomic E-state index is -0.841. The largest absolute Gasteiger partial charge is 0.480 e. The van der Waals surface area contributed by atoms with Gasteiger partial charge in [-0.3, -0.25) is 19.4 Å². The van der Waals surface area contributed by atoms with Crippen molar-refractivity contribution < 1.29 is 14.7 Å². The number of halogens is 2. The van der Waals surface area contributed by atoms with E-state index in [9.17, 15) is 14.7 Å². The summed E-state index contributed by atoms with van der Waals surface area (Å²) in [5, 5.41) is 13.6. The van der Waals surface area contributed by atoms with Crippen molar-refractivity contribution in [3.05, 3.63) is 57.7 Å². The molecule has 182 valence electrons. The number of hydrogen-bond acceptors (Lipinski definition) is 6. The molecular weight excluding hydrogens is 477 g/mol. The Morgan fingerprint density at radius 3 is 2.44 bits per heavy atom. The van der Waals surface area contributed by atoms with Gasteiger partial charge in [0.1, 0.15) is 11.9 Å². The van der Waals surface area contributed by atoms with Crippen LogP contribution in [-0.2, 0) is 11.3 Å². The van der Waals surface area contributed by atoms with Crippen LogP contribution in [-0.4, -0.2) is 83.6 Å². The van der Waals surface area contributed by atoms with E-state index in [2.05, 4.69) is 32.2 Å². The number of carbonyl (C=O) groups excluding carboxylic acids is 1. The molecule has 1 atom stereocenters. The zero-order valence-electron chi connectivity index (χ0n) is 19.1. The maximum Gasteiger partial charge on any atom is 0.322 e. The Balaban J connectivity index is 1.38. The average Bonchev–Trinajstić information content (AvgIpc) is 2.85. The summed E-state index contributed by atoms with van der Waals surface area (Å²) in [7, 11) is 1.54. The molecule has 2 aliphatic rings. The van der Waals surface area contributed by atoms with E-state index >= 15 is 0 Å². The number of likely N-dealkylation sites (tertiary alicyclic amines) is 1. The van der Waals surface area contributed by atoms with Crippen molar-refractivity contribution in [1.82, 2.24) is 20.1 Å². The number of anilines is 1. The normalized spacial score (nSPS) is 20.3. The number of benzene rings is 1. The van der Waals surface area contributed by atoms with Crippen LogP contribution in [0.2, 0.25) is 10.0 Å². The number of nitrogens with zero attached hydrogens (tertiary/aromatic N) is 4. The number of aliphatic carboxylic acids is 1. The summed E-state index contributed by atoms with van der Waals surface area (Å²) >= 11 is 12.4. The van der Waals surface area contributed by atoms with E-state index in [1.54, 1.807) is 13.1 Å². The van der Waals surface area contributed by atoms with Crippen LogP contribution in [0.3, 0.4) is 0 Å². The number of amides is 1. The average molecular weight is 506 g/mol. The summed E-state index contributed by atoms with van der Waals surface area (Å²) in [5.74, 6) is -0.596. The smallest absolute Gasteiger partial charge is 0.322 e. The van der Waals surface area contributed by atoms with Crippen LogP contribution in [0.1, 0.15) is 28.8 Å². The third-order valence-electron chi connectivity index (χ3n) is 6.66. The highest BCUT2D eigenvalue weighted by molar-refractivity contribution is 6.33. The first-order chi connectivity index (χ1) is 16.4. The Labute approximate surface area is 209 Å². The molecule has 2 saturated heterocycles. The van der Waals surface area contributed by atoms with Gasteiger partial charge in [-0.25, -0.2) is 4.98 Å². The number of piperidine rings is 1. The third-order valence-corrected chi connectivity index (χ3v) is 7.19. The Hall–Kier alpha value is -2.39. The van der Waals surface area contributed by atoms with Crippen molar-refractivity contribution in [2.24, 2.45) is 0 Å². The fraction of sp³-hybridized carbons (Fsp3) is 0.458. The number of carboxylic acid groups (broad SMARTS) is 1. The molecule has 0 aliphatic carbocycles. The first-order valence-electron chi connectivity index (χ1n) is 11.4. The summed E-state index contributed by atoms with van der Waals surface area (Å²) in [6.45, 7) is 4.26. The van der Waals surface area contributed by atoms with E-state index < -0.39 is 12.0 Å². The maximum absolute atomic E-state index is 12.2. The zero-order valence-corrected chi connectivity index (χ0v) is 20.6. The fourth-order valence-corrected chi connectivity index (χ4v) is 5.25. The standard InChI is InChI=1S/C24H29Cl2N5O3/c1-27-23(32)17-12-20(26)22(28-13-17)30-10-11-31(21(15-30)24(33)34)19-6-8-29(9-7-19)14-16-2-4-18(25)5-3-16/h2-5,12-13,19,21H,6-11,14-15H2,1H3,(H,27,32)(H,33,34). The second-order valence-electron chi connectivity index (χ2n) is 8.78. The van der Waals surface area contributed by atoms with Crippen molar-refractivity contribution in [2.75, 3.05) is 44.7 Å². The fourth-order valence-electron chi connectivity index (χ4n) is 4.84. The Morgan fingerprint density at radius 1 is 1.12 bits per heavy atom. The molecule has 3 heterocycles. The highest BCUT2D eigenvalue weighted by atomic mass is 35.5. The van der Waals surface area contributed by atoms with E-state index in [0.717, 1.165) is 37.5 Å². The SMILES string of the molecule is CNC(=O)c1cnc(N2CCN(C3CCN(Cc4ccc(Cl)cc4)CC3)C(C(=O)O)C2)c(Cl)c1. The number of nitrogens with one attached hydrogen (secondary N) is 1. The van der Waals surface area contributed by atoms with E-state index in [1.165, 1.54) is 11.8 Å². The first-order valence-corrected chi connectivity index (χ1v) is 12.2. The van der Waals surface area contributed by atoms with E-state index in [0.29, 0.717) is 36.0 Å². The monoisotopic (exact) mass is 505 g/mol. The number of carbonyl (C=O) groups is 2. The highest BCUT2D eigenvalue weighted by Gasteiger charge is 2.38. The predicted molar refractivity (Wildman–Crippen MR) is 133 cm³/mol. The molecule has 1 unspecified atom stereocenters. The number of pyridine rings is 1. The molecule has 0 spiro atoms. The molecular formula is C24H29Cl2N5O3. The molecule has 1 aromatic heterocycles. The summed E-state index contributed by atoms with van der Waals surface area (Å²) in [6, 6.07) is 9.08. The molecule has 2 fully saturated rings. The van der Waals surface area contributed by atoms with Crippen molar-refractivity contribution >= 4 is 40.9 Å². The number of rotatable bonds is 6. The van der Waals surface area contributed by atoms with Gasteiger partial charge in [0.05, 0.1) is 10.6 Å². The molecule has 2 N–H and O–H groups in total. The van der Waals surface area contributed by atoms with Crippen molar-refractivity contribution in [1.29, 1.82) is 0 Å². The minimum Gasteiger partial charge on any atom is -0.480 e. The van der Waals surface area contributed by atoms with Crippen LogP contribution in [0.15, 0.2) is 36.5 Å². The summed E-state index contributed by atoms with van der Waals surface area (Å²) in [6.07, 6.45) is 3.33. The Bertz CT molecular complexity index is 1030. The summed E-state index contributed by atoms with van der Waals surface area (Å²) < 4.78 is 0. The number of piperazine rings is 1. The molecule has 2 aromatic rings. The second kappa shape index (κ2) is 10.9.